The second kappa shape index (κ2) is 5.14. The summed E-state index contributed by atoms with van der Waals surface area (Å²) in [7, 11) is 1.38. The van der Waals surface area contributed by atoms with Gasteiger partial charge in [-0.1, -0.05) is 17.3 Å². The van der Waals surface area contributed by atoms with Crippen LogP contribution in [-0.4, -0.2) is 52.9 Å². The van der Waals surface area contributed by atoms with E-state index in [1.54, 1.807) is 12.1 Å². The molecule has 114 valence electrons. The maximum atomic E-state index is 12.4. The third-order valence-corrected chi connectivity index (χ3v) is 3.61. The number of ether oxygens (including phenoxy) is 1. The Morgan fingerprint density at radius 1 is 1.36 bits per heavy atom. The molecule has 2 atom stereocenters. The molecule has 2 aliphatic heterocycles. The van der Waals surface area contributed by atoms with Gasteiger partial charge in [0.1, 0.15) is 0 Å². The molecule has 0 saturated carbocycles. The predicted molar refractivity (Wildman–Crippen MR) is 72.3 cm³/mol. The number of hydrogen-bond acceptors (Lipinski definition) is 6. The molecule has 8 nitrogen and oxygen atoms in total. The minimum absolute atomic E-state index is 0.0703. The maximum absolute atomic E-state index is 12.4. The van der Waals surface area contributed by atoms with E-state index in [4.69, 9.17) is 9.57 Å². The third-order valence-electron chi connectivity index (χ3n) is 3.61. The van der Waals surface area contributed by atoms with E-state index in [0.717, 1.165) is 0 Å². The summed E-state index contributed by atoms with van der Waals surface area (Å²) in [6.45, 7) is 0. The van der Waals surface area contributed by atoms with E-state index in [1.165, 1.54) is 19.2 Å². The highest BCUT2D eigenvalue weighted by Gasteiger charge is 2.48. The number of methoxy groups -OCH3 is 1. The van der Waals surface area contributed by atoms with E-state index in [2.05, 4.69) is 5.16 Å². The highest BCUT2D eigenvalue weighted by Crippen LogP contribution is 2.28. The molecule has 1 aromatic carbocycles. The summed E-state index contributed by atoms with van der Waals surface area (Å²) >= 11 is 0. The summed E-state index contributed by atoms with van der Waals surface area (Å²) in [4.78, 5) is 42.1. The Morgan fingerprint density at radius 2 is 1.95 bits per heavy atom. The van der Waals surface area contributed by atoms with E-state index in [-0.39, 0.29) is 23.4 Å². The molecule has 0 aromatic heterocycles. The lowest BCUT2D eigenvalue weighted by Crippen LogP contribution is -2.51. The van der Waals surface area contributed by atoms with Crippen LogP contribution in [0.4, 0.5) is 0 Å². The molecule has 2 amide bonds. The number of oxime groups is 1. The number of rotatable bonds is 3. The van der Waals surface area contributed by atoms with Crippen molar-refractivity contribution in [2.24, 2.45) is 5.16 Å². The highest BCUT2D eigenvalue weighted by molar-refractivity contribution is 6.22. The first-order valence-corrected chi connectivity index (χ1v) is 6.51. The predicted octanol–water partition coefficient (Wildman–Crippen LogP) is 0.485. The standard InChI is InChI=1S/C14H12N2O6/c1-21-10-6-9(22-15-10)11(14(19)20)16-12(17)7-4-2-3-5-8(7)13(16)18/h2-5,9,11H,6H2,1H3,(H,19,20)/t9-,11-/m0/s1. The molecule has 0 fully saturated rings. The van der Waals surface area contributed by atoms with Gasteiger partial charge in [0.05, 0.1) is 24.7 Å². The fraction of sp³-hybridized carbons (Fsp3) is 0.286. The maximum Gasteiger partial charge on any atom is 0.330 e. The van der Waals surface area contributed by atoms with E-state index >= 15 is 0 Å². The number of carboxylic acids is 1. The van der Waals surface area contributed by atoms with Gasteiger partial charge in [0.15, 0.2) is 12.1 Å². The molecular formula is C14H12N2O6. The smallest absolute Gasteiger partial charge is 0.330 e. The molecule has 0 unspecified atom stereocenters. The Morgan fingerprint density at radius 3 is 2.41 bits per heavy atom. The molecule has 0 aliphatic carbocycles. The molecule has 22 heavy (non-hydrogen) atoms. The summed E-state index contributed by atoms with van der Waals surface area (Å²) in [5, 5.41) is 13.0. The van der Waals surface area contributed by atoms with Crippen molar-refractivity contribution in [3.8, 4) is 0 Å². The second-order valence-electron chi connectivity index (χ2n) is 4.85. The van der Waals surface area contributed by atoms with Crippen LogP contribution >= 0.6 is 0 Å². The first kappa shape index (κ1) is 14.1. The zero-order chi connectivity index (χ0) is 15.9. The summed E-state index contributed by atoms with van der Waals surface area (Å²) in [5.41, 5.74) is 0.370. The molecule has 1 N–H and O–H groups in total. The summed E-state index contributed by atoms with van der Waals surface area (Å²) in [6.07, 6.45) is -0.907. The van der Waals surface area contributed by atoms with Gasteiger partial charge < -0.3 is 14.7 Å². The topological polar surface area (TPSA) is 106 Å². The second-order valence-corrected chi connectivity index (χ2v) is 4.85. The number of hydrogen-bond donors (Lipinski definition) is 1. The number of benzene rings is 1. The summed E-state index contributed by atoms with van der Waals surface area (Å²) < 4.78 is 4.89. The number of carbonyl (C=O) groups is 3. The van der Waals surface area contributed by atoms with Crippen LogP contribution in [0.15, 0.2) is 29.4 Å². The minimum atomic E-state index is -1.47. The number of carboxylic acid groups (broad SMARTS) is 1. The fourth-order valence-corrected chi connectivity index (χ4v) is 2.56. The zero-order valence-corrected chi connectivity index (χ0v) is 11.6. The van der Waals surface area contributed by atoms with Gasteiger partial charge in [-0.15, -0.1) is 0 Å². The van der Waals surface area contributed by atoms with E-state index in [9.17, 15) is 19.5 Å². The Balaban J connectivity index is 1.93. The van der Waals surface area contributed by atoms with Gasteiger partial charge in [-0.05, 0) is 12.1 Å². The Hall–Kier alpha value is -2.90. The number of amides is 2. The molecular weight excluding hydrogens is 292 g/mol. The molecule has 0 spiro atoms. The molecule has 3 rings (SSSR count). The zero-order valence-electron chi connectivity index (χ0n) is 11.6. The number of nitrogens with zero attached hydrogens (tertiary/aromatic N) is 2. The lowest BCUT2D eigenvalue weighted by molar-refractivity contribution is -0.146. The Bertz CT molecular complexity index is 663. The van der Waals surface area contributed by atoms with Crippen LogP contribution in [0.5, 0.6) is 0 Å². The number of carbonyl (C=O) groups excluding carboxylic acids is 2. The summed E-state index contributed by atoms with van der Waals surface area (Å²) in [5.74, 6) is -2.43. The van der Waals surface area contributed by atoms with E-state index in [0.29, 0.717) is 4.90 Å². The van der Waals surface area contributed by atoms with Gasteiger partial charge in [-0.2, -0.15) is 0 Å². The molecule has 1 aromatic rings. The van der Waals surface area contributed by atoms with Gasteiger partial charge in [-0.25, -0.2) is 4.79 Å². The van der Waals surface area contributed by atoms with Crippen molar-refractivity contribution in [2.75, 3.05) is 7.11 Å². The van der Waals surface area contributed by atoms with Crippen molar-refractivity contribution in [2.45, 2.75) is 18.6 Å². The van der Waals surface area contributed by atoms with Gasteiger partial charge in [0, 0.05) is 0 Å². The highest BCUT2D eigenvalue weighted by atomic mass is 16.7. The van der Waals surface area contributed by atoms with Crippen LogP contribution in [-0.2, 0) is 14.4 Å². The first-order chi connectivity index (χ1) is 10.5. The van der Waals surface area contributed by atoms with Crippen LogP contribution in [0.1, 0.15) is 27.1 Å². The Kier molecular flexibility index (Phi) is 3.28. The molecule has 0 radical (unpaired) electrons. The van der Waals surface area contributed by atoms with Crippen molar-refractivity contribution in [3.05, 3.63) is 35.4 Å². The van der Waals surface area contributed by atoms with Crippen LogP contribution in [0.3, 0.4) is 0 Å². The van der Waals surface area contributed by atoms with Crippen molar-refractivity contribution in [1.82, 2.24) is 4.90 Å². The van der Waals surface area contributed by atoms with Gasteiger partial charge >= 0.3 is 5.97 Å². The third kappa shape index (κ3) is 2.00. The van der Waals surface area contributed by atoms with Crippen LogP contribution in [0.2, 0.25) is 0 Å². The first-order valence-electron chi connectivity index (χ1n) is 6.51. The lowest BCUT2D eigenvalue weighted by Gasteiger charge is -2.25. The van der Waals surface area contributed by atoms with Crippen molar-refractivity contribution in [3.63, 3.8) is 0 Å². The monoisotopic (exact) mass is 304 g/mol. The van der Waals surface area contributed by atoms with Gasteiger partial charge in [0.2, 0.25) is 5.90 Å². The average Bonchev–Trinajstić information content (AvgIpc) is 3.07. The normalized spacial score (nSPS) is 21.2. The fourth-order valence-electron chi connectivity index (χ4n) is 2.56. The van der Waals surface area contributed by atoms with Gasteiger partial charge in [-0.3, -0.25) is 14.5 Å². The van der Waals surface area contributed by atoms with Crippen molar-refractivity contribution in [1.29, 1.82) is 0 Å². The number of fused-ring (bicyclic) bond motifs is 1. The van der Waals surface area contributed by atoms with Crippen molar-refractivity contribution < 1.29 is 29.1 Å². The summed E-state index contributed by atoms with van der Waals surface area (Å²) in [6, 6.07) is 4.73. The largest absolute Gasteiger partial charge is 0.482 e. The molecule has 8 heteroatoms. The average molecular weight is 304 g/mol. The molecule has 0 saturated heterocycles. The van der Waals surface area contributed by atoms with E-state index in [1.807, 2.05) is 0 Å². The van der Waals surface area contributed by atoms with E-state index < -0.39 is 29.9 Å². The molecule has 0 bridgehead atoms. The number of aliphatic carboxylic acids is 1. The molecule has 2 aliphatic rings. The van der Waals surface area contributed by atoms with Crippen LogP contribution < -0.4 is 0 Å². The molecule has 2 heterocycles. The quantitative estimate of drug-likeness (QED) is 0.814. The SMILES string of the molecule is COC1=NO[C@H]([C@@H](C(=O)O)N2C(=O)c3ccccc3C2=O)C1. The lowest BCUT2D eigenvalue weighted by atomic mass is 10.1. The minimum Gasteiger partial charge on any atom is -0.482 e. The van der Waals surface area contributed by atoms with Crippen LogP contribution in [0, 0.1) is 0 Å². The number of imide groups is 1. The Labute approximate surface area is 124 Å². The van der Waals surface area contributed by atoms with Crippen molar-refractivity contribution >= 4 is 23.7 Å². The van der Waals surface area contributed by atoms with Gasteiger partial charge in [0.25, 0.3) is 11.8 Å². The van der Waals surface area contributed by atoms with Crippen LogP contribution in [0.25, 0.3) is 0 Å².